The summed E-state index contributed by atoms with van der Waals surface area (Å²) in [7, 11) is -1.63. The highest BCUT2D eigenvalue weighted by atomic mass is 28.3. The van der Waals surface area contributed by atoms with Crippen molar-refractivity contribution in [2.75, 3.05) is 0 Å². The van der Waals surface area contributed by atoms with Gasteiger partial charge in [0.15, 0.2) is 0 Å². The second kappa shape index (κ2) is 6.94. The molecule has 0 saturated heterocycles. The summed E-state index contributed by atoms with van der Waals surface area (Å²) in [6.45, 7) is 2.70. The van der Waals surface area contributed by atoms with E-state index >= 15 is 0 Å². The van der Waals surface area contributed by atoms with Gasteiger partial charge in [-0.2, -0.15) is 0 Å². The molecular formula is C26H30Si. The van der Waals surface area contributed by atoms with Crippen molar-refractivity contribution >= 4 is 20.2 Å². The van der Waals surface area contributed by atoms with Crippen LogP contribution in [0.15, 0.2) is 60.7 Å². The molecule has 0 nitrogen and oxygen atoms in total. The monoisotopic (exact) mass is 370 g/mol. The van der Waals surface area contributed by atoms with Crippen LogP contribution in [0.5, 0.6) is 0 Å². The molecule has 0 aliphatic heterocycles. The van der Waals surface area contributed by atoms with E-state index in [0.717, 1.165) is 5.92 Å². The first kappa shape index (κ1) is 17.2. The van der Waals surface area contributed by atoms with Crippen LogP contribution >= 0.6 is 0 Å². The minimum Gasteiger partial charge on any atom is -0.0791 e. The lowest BCUT2D eigenvalue weighted by Crippen LogP contribution is -2.43. The molecule has 0 aromatic heterocycles. The van der Waals surface area contributed by atoms with Gasteiger partial charge in [-0.1, -0.05) is 118 Å². The van der Waals surface area contributed by atoms with Gasteiger partial charge >= 0.3 is 0 Å². The van der Waals surface area contributed by atoms with Crippen LogP contribution in [-0.2, 0) is 0 Å². The van der Waals surface area contributed by atoms with E-state index in [4.69, 9.17) is 0 Å². The Kier molecular flexibility index (Phi) is 4.44. The van der Waals surface area contributed by atoms with Crippen LogP contribution in [0.25, 0.3) is 12.2 Å². The van der Waals surface area contributed by atoms with Gasteiger partial charge in [0.2, 0.25) is 0 Å². The molecule has 0 radical (unpaired) electrons. The molecule has 3 aliphatic carbocycles. The standard InChI is InChI=1S/C26H30Si/c1-27(19-18-20-8-2-3-9-20,25-16-14-21-10-4-6-12-23(21)25)26-17-15-22-11-5-7-13-24(22)26/h4-7,10-17,20,25-26H,2-3,8-9,18-19H2,1H3. The van der Waals surface area contributed by atoms with E-state index < -0.39 is 8.07 Å². The van der Waals surface area contributed by atoms with Crippen molar-refractivity contribution in [2.45, 2.75) is 55.8 Å². The molecule has 1 saturated carbocycles. The zero-order chi connectivity index (χ0) is 18.3. The minimum absolute atomic E-state index is 0.649. The lowest BCUT2D eigenvalue weighted by molar-refractivity contribution is 0.524. The fourth-order valence-corrected chi connectivity index (χ4v) is 11.0. The summed E-state index contributed by atoms with van der Waals surface area (Å²) in [5, 5.41) is 0. The number of hydrogen-bond donors (Lipinski definition) is 0. The van der Waals surface area contributed by atoms with Crippen molar-refractivity contribution in [1.29, 1.82) is 0 Å². The van der Waals surface area contributed by atoms with E-state index in [9.17, 15) is 0 Å². The Labute approximate surface area is 165 Å². The Balaban J connectivity index is 1.52. The highest BCUT2D eigenvalue weighted by Gasteiger charge is 2.46. The average Bonchev–Trinajstić information content (AvgIpc) is 3.45. The molecule has 1 fully saturated rings. The van der Waals surface area contributed by atoms with Crippen molar-refractivity contribution in [1.82, 2.24) is 0 Å². The lowest BCUT2D eigenvalue weighted by Gasteiger charge is -2.40. The molecule has 0 amide bonds. The molecule has 2 atom stereocenters. The first-order valence-corrected chi connectivity index (χ1v) is 13.7. The van der Waals surface area contributed by atoms with Gasteiger partial charge in [0.05, 0.1) is 8.07 Å². The maximum Gasteiger partial charge on any atom is 0.0745 e. The molecule has 3 aliphatic rings. The maximum absolute atomic E-state index is 2.70. The van der Waals surface area contributed by atoms with Gasteiger partial charge in [-0.05, 0) is 39.3 Å². The number of allylic oxidation sites excluding steroid dienone is 2. The van der Waals surface area contributed by atoms with Crippen molar-refractivity contribution in [3.63, 3.8) is 0 Å². The van der Waals surface area contributed by atoms with Gasteiger partial charge < -0.3 is 0 Å². The number of hydrogen-bond acceptors (Lipinski definition) is 0. The molecule has 0 N–H and O–H groups in total. The Morgan fingerprint density at radius 1 is 0.778 bits per heavy atom. The van der Waals surface area contributed by atoms with Crippen molar-refractivity contribution in [3.05, 3.63) is 82.9 Å². The summed E-state index contributed by atoms with van der Waals surface area (Å²) in [4.78, 5) is 0. The summed E-state index contributed by atoms with van der Waals surface area (Å²) in [6, 6.07) is 19.7. The summed E-state index contributed by atoms with van der Waals surface area (Å²) < 4.78 is 0. The van der Waals surface area contributed by atoms with Crippen molar-refractivity contribution < 1.29 is 0 Å². The second-order valence-corrected chi connectivity index (χ2v) is 13.9. The molecule has 0 spiro atoms. The third-order valence-electron chi connectivity index (χ3n) is 7.59. The van der Waals surface area contributed by atoms with E-state index in [1.807, 2.05) is 0 Å². The normalized spacial score (nSPS) is 25.5. The van der Waals surface area contributed by atoms with Crippen molar-refractivity contribution in [3.8, 4) is 0 Å². The molecule has 0 heterocycles. The minimum atomic E-state index is -1.63. The summed E-state index contributed by atoms with van der Waals surface area (Å²) in [5.74, 6) is 0.984. The maximum atomic E-state index is 2.70. The fourth-order valence-electron chi connectivity index (χ4n) is 5.97. The zero-order valence-electron chi connectivity index (χ0n) is 16.4. The first-order valence-electron chi connectivity index (χ1n) is 10.8. The largest absolute Gasteiger partial charge is 0.0791 e. The van der Waals surface area contributed by atoms with Gasteiger partial charge in [-0.25, -0.2) is 0 Å². The predicted octanol–water partition coefficient (Wildman–Crippen LogP) is 7.34. The van der Waals surface area contributed by atoms with Gasteiger partial charge in [-0.3, -0.25) is 0 Å². The van der Waals surface area contributed by atoms with Crippen LogP contribution in [0.1, 0.15) is 65.4 Å². The van der Waals surface area contributed by atoms with E-state index in [2.05, 4.69) is 79.4 Å². The van der Waals surface area contributed by atoms with Crippen LogP contribution < -0.4 is 0 Å². The van der Waals surface area contributed by atoms with Gasteiger partial charge in [0.25, 0.3) is 0 Å². The topological polar surface area (TPSA) is 0 Å². The third-order valence-corrected chi connectivity index (χ3v) is 12.8. The Hall–Kier alpha value is -1.86. The van der Waals surface area contributed by atoms with E-state index in [1.54, 1.807) is 11.1 Å². The number of benzene rings is 2. The highest BCUT2D eigenvalue weighted by molar-refractivity contribution is 6.82. The molecule has 2 aromatic carbocycles. The van der Waals surface area contributed by atoms with Crippen LogP contribution in [0.4, 0.5) is 0 Å². The highest BCUT2D eigenvalue weighted by Crippen LogP contribution is 2.50. The average molecular weight is 371 g/mol. The second-order valence-electron chi connectivity index (χ2n) is 9.13. The molecular weight excluding hydrogens is 340 g/mol. The van der Waals surface area contributed by atoms with Crippen LogP contribution in [-0.4, -0.2) is 8.07 Å². The van der Waals surface area contributed by atoms with Gasteiger partial charge in [0, 0.05) is 0 Å². The number of fused-ring (bicyclic) bond motifs is 2. The van der Waals surface area contributed by atoms with Crippen LogP contribution in [0, 0.1) is 5.92 Å². The summed E-state index contributed by atoms with van der Waals surface area (Å²) in [6.07, 6.45) is 17.2. The Morgan fingerprint density at radius 3 is 1.85 bits per heavy atom. The predicted molar refractivity (Wildman–Crippen MR) is 119 cm³/mol. The summed E-state index contributed by atoms with van der Waals surface area (Å²) in [5.41, 5.74) is 7.40. The Morgan fingerprint density at radius 2 is 1.30 bits per heavy atom. The van der Waals surface area contributed by atoms with Gasteiger partial charge in [-0.15, -0.1) is 0 Å². The lowest BCUT2D eigenvalue weighted by atomic mass is 10.1. The third kappa shape index (κ3) is 2.97. The smallest absolute Gasteiger partial charge is 0.0745 e. The molecule has 5 rings (SSSR count). The van der Waals surface area contributed by atoms with Crippen LogP contribution in [0.2, 0.25) is 12.6 Å². The molecule has 1 heteroatoms. The van der Waals surface area contributed by atoms with Crippen LogP contribution in [0.3, 0.4) is 0 Å². The quantitative estimate of drug-likeness (QED) is 0.483. The SMILES string of the molecule is C[Si](CCC1CCCC1)(C1C=Cc2ccccc21)C1C=Cc2ccccc21. The van der Waals surface area contributed by atoms with E-state index in [-0.39, 0.29) is 0 Å². The zero-order valence-corrected chi connectivity index (χ0v) is 17.4. The molecule has 2 unspecified atom stereocenters. The van der Waals surface area contributed by atoms with E-state index in [0.29, 0.717) is 11.1 Å². The van der Waals surface area contributed by atoms with Crippen molar-refractivity contribution in [2.24, 2.45) is 5.92 Å². The molecule has 27 heavy (non-hydrogen) atoms. The van der Waals surface area contributed by atoms with Gasteiger partial charge in [0.1, 0.15) is 0 Å². The molecule has 2 aromatic rings. The Bertz CT molecular complexity index is 823. The molecule has 0 bridgehead atoms. The van der Waals surface area contributed by atoms with E-state index in [1.165, 1.54) is 49.3 Å². The number of rotatable bonds is 5. The molecule has 138 valence electrons. The summed E-state index contributed by atoms with van der Waals surface area (Å²) >= 11 is 0. The fraction of sp³-hybridized carbons (Fsp3) is 0.385. The first-order chi connectivity index (χ1) is 13.3.